The molecular weight excluding hydrogens is 250 g/mol. The highest BCUT2D eigenvalue weighted by Gasteiger charge is 2.21. The average Bonchev–Trinajstić information content (AvgIpc) is 3.13. The van der Waals surface area contributed by atoms with Gasteiger partial charge in [0.2, 0.25) is 5.91 Å². The zero-order chi connectivity index (χ0) is 13.8. The number of carbonyl (C=O) groups is 1. The molecule has 0 saturated carbocycles. The van der Waals surface area contributed by atoms with Crippen LogP contribution in [0.4, 0.5) is 5.69 Å². The van der Waals surface area contributed by atoms with Crippen molar-refractivity contribution in [3.8, 4) is 0 Å². The van der Waals surface area contributed by atoms with E-state index in [2.05, 4.69) is 27.7 Å². The molecule has 2 fully saturated rings. The second-order valence-corrected chi connectivity index (χ2v) is 5.82. The molecule has 1 aromatic carbocycles. The molecule has 0 aromatic heterocycles. The van der Waals surface area contributed by atoms with Crippen LogP contribution < -0.4 is 10.6 Å². The van der Waals surface area contributed by atoms with Gasteiger partial charge in [-0.05, 0) is 63.0 Å². The molecule has 4 nitrogen and oxygen atoms in total. The predicted octanol–water partition coefficient (Wildman–Crippen LogP) is 1.97. The molecule has 1 amide bonds. The Morgan fingerprint density at radius 1 is 1.20 bits per heavy atom. The van der Waals surface area contributed by atoms with Crippen LogP contribution in [0.5, 0.6) is 0 Å². The van der Waals surface area contributed by atoms with Gasteiger partial charge in [-0.15, -0.1) is 0 Å². The minimum Gasteiger partial charge on any atom is -0.325 e. The smallest absolute Gasteiger partial charge is 0.241 e. The van der Waals surface area contributed by atoms with Crippen LogP contribution in [0, 0.1) is 0 Å². The summed E-state index contributed by atoms with van der Waals surface area (Å²) < 4.78 is 0. The highest BCUT2D eigenvalue weighted by Crippen LogP contribution is 2.16. The zero-order valence-corrected chi connectivity index (χ0v) is 11.9. The van der Waals surface area contributed by atoms with E-state index in [9.17, 15) is 4.79 Å². The fraction of sp³-hybridized carbons (Fsp3) is 0.562. The van der Waals surface area contributed by atoms with Gasteiger partial charge in [0.05, 0.1) is 6.04 Å². The fourth-order valence-corrected chi connectivity index (χ4v) is 3.03. The van der Waals surface area contributed by atoms with E-state index >= 15 is 0 Å². The Kier molecular flexibility index (Phi) is 4.33. The Labute approximate surface area is 120 Å². The molecule has 0 bridgehead atoms. The molecule has 20 heavy (non-hydrogen) atoms. The van der Waals surface area contributed by atoms with Crippen LogP contribution in [0.25, 0.3) is 0 Å². The van der Waals surface area contributed by atoms with Crippen LogP contribution in [0.1, 0.15) is 31.2 Å². The number of nitrogens with zero attached hydrogens (tertiary/aromatic N) is 1. The van der Waals surface area contributed by atoms with Gasteiger partial charge < -0.3 is 10.6 Å². The van der Waals surface area contributed by atoms with Crippen LogP contribution in [-0.4, -0.2) is 36.5 Å². The highest BCUT2D eigenvalue weighted by molar-refractivity contribution is 5.95. The van der Waals surface area contributed by atoms with Crippen molar-refractivity contribution in [1.82, 2.24) is 10.2 Å². The number of rotatable bonds is 4. The van der Waals surface area contributed by atoms with Crippen molar-refractivity contribution >= 4 is 11.6 Å². The van der Waals surface area contributed by atoms with E-state index in [4.69, 9.17) is 0 Å². The number of likely N-dealkylation sites (tertiary alicyclic amines) is 1. The maximum absolute atomic E-state index is 12.0. The molecule has 4 heteroatoms. The number of benzene rings is 1. The standard InChI is InChI=1S/C16H23N3O/c20-16(15-4-3-9-17-15)18-14-7-5-13(6-8-14)12-19-10-1-2-11-19/h5-8,15,17H,1-4,9-12H2,(H,18,20). The van der Waals surface area contributed by atoms with Gasteiger partial charge in [-0.2, -0.15) is 0 Å². The monoisotopic (exact) mass is 273 g/mol. The summed E-state index contributed by atoms with van der Waals surface area (Å²) in [5.41, 5.74) is 2.22. The third-order valence-corrected chi connectivity index (χ3v) is 4.20. The maximum atomic E-state index is 12.0. The van der Waals surface area contributed by atoms with Gasteiger partial charge in [-0.25, -0.2) is 0 Å². The second kappa shape index (κ2) is 6.37. The quantitative estimate of drug-likeness (QED) is 0.881. The van der Waals surface area contributed by atoms with Crippen molar-refractivity contribution < 1.29 is 4.79 Å². The molecule has 2 N–H and O–H groups in total. The van der Waals surface area contributed by atoms with Gasteiger partial charge in [0.15, 0.2) is 0 Å². The number of nitrogens with one attached hydrogen (secondary N) is 2. The van der Waals surface area contributed by atoms with E-state index in [1.807, 2.05) is 12.1 Å². The summed E-state index contributed by atoms with van der Waals surface area (Å²) in [6.07, 6.45) is 4.68. The first-order valence-corrected chi connectivity index (χ1v) is 7.67. The Morgan fingerprint density at radius 2 is 1.95 bits per heavy atom. The van der Waals surface area contributed by atoms with E-state index in [0.717, 1.165) is 31.6 Å². The van der Waals surface area contributed by atoms with E-state index in [0.29, 0.717) is 0 Å². The lowest BCUT2D eigenvalue weighted by molar-refractivity contribution is -0.117. The Hall–Kier alpha value is -1.39. The topological polar surface area (TPSA) is 44.4 Å². The van der Waals surface area contributed by atoms with Gasteiger partial charge in [0, 0.05) is 12.2 Å². The molecule has 3 rings (SSSR count). The molecule has 2 heterocycles. The molecule has 108 valence electrons. The second-order valence-electron chi connectivity index (χ2n) is 5.82. The van der Waals surface area contributed by atoms with Crippen molar-refractivity contribution in [3.63, 3.8) is 0 Å². The Bertz CT molecular complexity index is 445. The van der Waals surface area contributed by atoms with Gasteiger partial charge in [0.1, 0.15) is 0 Å². The summed E-state index contributed by atoms with van der Waals surface area (Å²) >= 11 is 0. The lowest BCUT2D eigenvalue weighted by Gasteiger charge is -2.15. The summed E-state index contributed by atoms with van der Waals surface area (Å²) in [6.45, 7) is 4.41. The first kappa shape index (κ1) is 13.6. The van der Waals surface area contributed by atoms with E-state index < -0.39 is 0 Å². The first-order valence-electron chi connectivity index (χ1n) is 7.67. The van der Waals surface area contributed by atoms with Gasteiger partial charge in [-0.1, -0.05) is 12.1 Å². The molecule has 0 spiro atoms. The summed E-state index contributed by atoms with van der Waals surface area (Å²) in [7, 11) is 0. The number of anilines is 1. The number of carbonyl (C=O) groups excluding carboxylic acids is 1. The van der Waals surface area contributed by atoms with Gasteiger partial charge in [0.25, 0.3) is 0 Å². The van der Waals surface area contributed by atoms with E-state index in [1.165, 1.54) is 31.5 Å². The largest absolute Gasteiger partial charge is 0.325 e. The van der Waals surface area contributed by atoms with Crippen LogP contribution in [0.15, 0.2) is 24.3 Å². The first-order chi connectivity index (χ1) is 9.81. The van der Waals surface area contributed by atoms with Crippen LogP contribution in [0.3, 0.4) is 0 Å². The number of hydrogen-bond donors (Lipinski definition) is 2. The summed E-state index contributed by atoms with van der Waals surface area (Å²) in [6, 6.07) is 8.25. The van der Waals surface area contributed by atoms with Gasteiger partial charge >= 0.3 is 0 Å². The summed E-state index contributed by atoms with van der Waals surface area (Å²) in [4.78, 5) is 14.5. The molecule has 0 radical (unpaired) electrons. The molecule has 2 aliphatic rings. The third kappa shape index (κ3) is 3.38. The molecule has 1 unspecified atom stereocenters. The maximum Gasteiger partial charge on any atom is 0.241 e. The number of amides is 1. The fourth-order valence-electron chi connectivity index (χ4n) is 3.03. The molecule has 2 saturated heterocycles. The lowest BCUT2D eigenvalue weighted by atomic mass is 10.1. The van der Waals surface area contributed by atoms with Gasteiger partial charge in [-0.3, -0.25) is 9.69 Å². The van der Waals surface area contributed by atoms with Crippen molar-refractivity contribution in [3.05, 3.63) is 29.8 Å². The van der Waals surface area contributed by atoms with E-state index in [1.54, 1.807) is 0 Å². The normalized spacial score (nSPS) is 23.1. The van der Waals surface area contributed by atoms with Crippen molar-refractivity contribution in [2.24, 2.45) is 0 Å². The summed E-state index contributed by atoms with van der Waals surface area (Å²) in [5, 5.41) is 6.21. The van der Waals surface area contributed by atoms with E-state index in [-0.39, 0.29) is 11.9 Å². The van der Waals surface area contributed by atoms with Crippen molar-refractivity contribution in [1.29, 1.82) is 0 Å². The average molecular weight is 273 g/mol. The molecule has 2 aliphatic heterocycles. The third-order valence-electron chi connectivity index (χ3n) is 4.20. The molecule has 1 atom stereocenters. The summed E-state index contributed by atoms with van der Waals surface area (Å²) in [5.74, 6) is 0.0924. The SMILES string of the molecule is O=C(Nc1ccc(CN2CCCC2)cc1)C1CCCN1. The van der Waals surface area contributed by atoms with Crippen LogP contribution >= 0.6 is 0 Å². The Morgan fingerprint density at radius 3 is 2.60 bits per heavy atom. The molecule has 0 aliphatic carbocycles. The number of hydrogen-bond acceptors (Lipinski definition) is 3. The van der Waals surface area contributed by atoms with Crippen molar-refractivity contribution in [2.45, 2.75) is 38.3 Å². The Balaban J connectivity index is 1.53. The molecular formula is C16H23N3O. The lowest BCUT2D eigenvalue weighted by Crippen LogP contribution is -2.35. The van der Waals surface area contributed by atoms with Crippen LogP contribution in [0.2, 0.25) is 0 Å². The minimum absolute atomic E-state index is 0.0146. The molecule has 1 aromatic rings. The highest BCUT2D eigenvalue weighted by atomic mass is 16.2. The minimum atomic E-state index is -0.0146. The van der Waals surface area contributed by atoms with Crippen LogP contribution in [-0.2, 0) is 11.3 Å². The zero-order valence-electron chi connectivity index (χ0n) is 11.9. The predicted molar refractivity (Wildman–Crippen MR) is 80.6 cm³/mol. The van der Waals surface area contributed by atoms with Crippen molar-refractivity contribution in [2.75, 3.05) is 25.0 Å².